The molecule has 0 aromatic heterocycles. The molecule has 146 valence electrons. The standard InChI is InChI=1S/C22H22ClNO3S/c1-3-16(2)17-4-14-22(15-5-17)28(25,26)24-19-8-12-21(13-9-19)27-20-10-6-18(23)7-11-20/h4-16,24H,3H2,1-2H3/t16-/m1/s1. The van der Waals surface area contributed by atoms with Gasteiger partial charge in [-0.3, -0.25) is 4.72 Å². The highest BCUT2D eigenvalue weighted by atomic mass is 35.5. The number of sulfonamides is 1. The smallest absolute Gasteiger partial charge is 0.261 e. The van der Waals surface area contributed by atoms with Crippen molar-refractivity contribution in [2.75, 3.05) is 4.72 Å². The molecule has 1 N–H and O–H groups in total. The van der Waals surface area contributed by atoms with Crippen molar-refractivity contribution < 1.29 is 13.2 Å². The Morgan fingerprint density at radius 3 is 1.96 bits per heavy atom. The molecule has 6 heteroatoms. The van der Waals surface area contributed by atoms with Gasteiger partial charge < -0.3 is 4.74 Å². The summed E-state index contributed by atoms with van der Waals surface area (Å²) in [4.78, 5) is 0.237. The lowest BCUT2D eigenvalue weighted by Crippen LogP contribution is -2.13. The number of hydrogen-bond donors (Lipinski definition) is 1. The molecular weight excluding hydrogens is 394 g/mol. The van der Waals surface area contributed by atoms with Crippen LogP contribution in [0.25, 0.3) is 0 Å². The van der Waals surface area contributed by atoms with Crippen molar-refractivity contribution in [3.63, 3.8) is 0 Å². The summed E-state index contributed by atoms with van der Waals surface area (Å²) in [6.07, 6.45) is 1.01. The predicted molar refractivity (Wildman–Crippen MR) is 114 cm³/mol. The lowest BCUT2D eigenvalue weighted by atomic mass is 9.99. The number of hydrogen-bond acceptors (Lipinski definition) is 3. The highest BCUT2D eigenvalue weighted by Crippen LogP contribution is 2.26. The Balaban J connectivity index is 1.69. The quantitative estimate of drug-likeness (QED) is 0.482. The first-order valence-corrected chi connectivity index (χ1v) is 10.9. The third-order valence-corrected chi connectivity index (χ3v) is 6.18. The minimum Gasteiger partial charge on any atom is -0.457 e. The van der Waals surface area contributed by atoms with E-state index in [1.54, 1.807) is 60.7 Å². The van der Waals surface area contributed by atoms with Crippen LogP contribution in [0.5, 0.6) is 11.5 Å². The summed E-state index contributed by atoms with van der Waals surface area (Å²) in [6.45, 7) is 4.23. The van der Waals surface area contributed by atoms with Gasteiger partial charge in [0.2, 0.25) is 0 Å². The number of halogens is 1. The normalized spacial score (nSPS) is 12.4. The van der Waals surface area contributed by atoms with E-state index in [9.17, 15) is 8.42 Å². The highest BCUT2D eigenvalue weighted by molar-refractivity contribution is 7.92. The number of anilines is 1. The molecule has 0 aliphatic rings. The summed E-state index contributed by atoms with van der Waals surface area (Å²) in [5.41, 5.74) is 1.60. The van der Waals surface area contributed by atoms with E-state index < -0.39 is 10.0 Å². The van der Waals surface area contributed by atoms with Crippen molar-refractivity contribution in [2.45, 2.75) is 31.1 Å². The van der Waals surface area contributed by atoms with E-state index in [0.29, 0.717) is 28.1 Å². The van der Waals surface area contributed by atoms with E-state index in [1.165, 1.54) is 0 Å². The fraction of sp³-hybridized carbons (Fsp3) is 0.182. The molecule has 0 bridgehead atoms. The topological polar surface area (TPSA) is 55.4 Å². The number of benzene rings is 3. The summed E-state index contributed by atoms with van der Waals surface area (Å²) < 4.78 is 33.5. The van der Waals surface area contributed by atoms with Crippen molar-refractivity contribution in [2.24, 2.45) is 0 Å². The van der Waals surface area contributed by atoms with Gasteiger partial charge >= 0.3 is 0 Å². The predicted octanol–water partition coefficient (Wildman–Crippen LogP) is 6.45. The monoisotopic (exact) mass is 415 g/mol. The Kier molecular flexibility index (Phi) is 6.27. The zero-order valence-electron chi connectivity index (χ0n) is 15.7. The summed E-state index contributed by atoms with van der Waals surface area (Å²) in [5, 5.41) is 0.634. The van der Waals surface area contributed by atoms with E-state index >= 15 is 0 Å². The first-order valence-electron chi connectivity index (χ1n) is 9.03. The van der Waals surface area contributed by atoms with E-state index in [0.717, 1.165) is 12.0 Å². The maximum atomic E-state index is 12.6. The zero-order chi connectivity index (χ0) is 20.1. The molecule has 0 heterocycles. The van der Waals surface area contributed by atoms with E-state index in [2.05, 4.69) is 18.6 Å². The van der Waals surface area contributed by atoms with Crippen molar-refractivity contribution in [3.8, 4) is 11.5 Å². The Bertz CT molecular complexity index is 1010. The van der Waals surface area contributed by atoms with Crippen LogP contribution in [0.4, 0.5) is 5.69 Å². The number of nitrogens with one attached hydrogen (secondary N) is 1. The molecule has 0 aliphatic heterocycles. The number of ether oxygens (including phenoxy) is 1. The molecule has 0 aliphatic carbocycles. The molecule has 3 aromatic rings. The summed E-state index contributed by atoms with van der Waals surface area (Å²) in [5.74, 6) is 1.65. The van der Waals surface area contributed by atoms with Crippen LogP contribution in [0.2, 0.25) is 5.02 Å². The van der Waals surface area contributed by atoms with Gasteiger partial charge in [0.25, 0.3) is 10.0 Å². The van der Waals surface area contributed by atoms with Gasteiger partial charge in [0.05, 0.1) is 4.90 Å². The van der Waals surface area contributed by atoms with Gasteiger partial charge in [-0.2, -0.15) is 0 Å². The van der Waals surface area contributed by atoms with Gasteiger partial charge in [-0.15, -0.1) is 0 Å². The van der Waals surface area contributed by atoms with Gasteiger partial charge in [-0.1, -0.05) is 37.6 Å². The van der Waals surface area contributed by atoms with E-state index in [1.807, 2.05) is 12.1 Å². The van der Waals surface area contributed by atoms with Crippen molar-refractivity contribution in [1.82, 2.24) is 0 Å². The van der Waals surface area contributed by atoms with Gasteiger partial charge in [-0.25, -0.2) is 8.42 Å². The average Bonchev–Trinajstić information content (AvgIpc) is 2.70. The maximum absolute atomic E-state index is 12.6. The van der Waals surface area contributed by atoms with Gasteiger partial charge in [0.15, 0.2) is 0 Å². The molecule has 4 nitrogen and oxygen atoms in total. The molecule has 0 saturated carbocycles. The van der Waals surface area contributed by atoms with Crippen LogP contribution in [0.1, 0.15) is 31.7 Å². The Morgan fingerprint density at radius 1 is 0.893 bits per heavy atom. The Morgan fingerprint density at radius 2 is 1.43 bits per heavy atom. The molecule has 0 fully saturated rings. The third-order valence-electron chi connectivity index (χ3n) is 4.53. The minimum absolute atomic E-state index is 0.237. The fourth-order valence-electron chi connectivity index (χ4n) is 2.66. The van der Waals surface area contributed by atoms with Crippen LogP contribution < -0.4 is 9.46 Å². The second-order valence-corrected chi connectivity index (χ2v) is 8.68. The second kappa shape index (κ2) is 8.67. The van der Waals surface area contributed by atoms with Gasteiger partial charge in [0, 0.05) is 10.7 Å². The van der Waals surface area contributed by atoms with Crippen molar-refractivity contribution >= 4 is 27.3 Å². The van der Waals surface area contributed by atoms with Crippen LogP contribution in [-0.4, -0.2) is 8.42 Å². The first-order chi connectivity index (χ1) is 13.4. The fourth-order valence-corrected chi connectivity index (χ4v) is 3.84. The summed E-state index contributed by atoms with van der Waals surface area (Å²) >= 11 is 5.86. The van der Waals surface area contributed by atoms with Crippen LogP contribution in [0.3, 0.4) is 0 Å². The maximum Gasteiger partial charge on any atom is 0.261 e. The van der Waals surface area contributed by atoms with Crippen LogP contribution in [-0.2, 0) is 10.0 Å². The lowest BCUT2D eigenvalue weighted by Gasteiger charge is -2.12. The third kappa shape index (κ3) is 5.06. The lowest BCUT2D eigenvalue weighted by molar-refractivity contribution is 0.483. The summed E-state index contributed by atoms with van der Waals surface area (Å²) in [6, 6.07) is 20.8. The zero-order valence-corrected chi connectivity index (χ0v) is 17.3. The van der Waals surface area contributed by atoms with Crippen LogP contribution in [0.15, 0.2) is 77.7 Å². The first kappa shape index (κ1) is 20.2. The highest BCUT2D eigenvalue weighted by Gasteiger charge is 2.15. The Labute approximate surface area is 171 Å². The molecule has 0 radical (unpaired) electrons. The number of rotatable bonds is 7. The van der Waals surface area contributed by atoms with E-state index in [-0.39, 0.29) is 4.90 Å². The molecule has 3 rings (SSSR count). The van der Waals surface area contributed by atoms with Crippen molar-refractivity contribution in [1.29, 1.82) is 0 Å². The molecule has 0 spiro atoms. The largest absolute Gasteiger partial charge is 0.457 e. The Hall–Kier alpha value is -2.50. The molecule has 0 amide bonds. The average molecular weight is 416 g/mol. The molecule has 0 unspecified atom stereocenters. The van der Waals surface area contributed by atoms with Gasteiger partial charge in [0.1, 0.15) is 11.5 Å². The molecule has 3 aromatic carbocycles. The molecule has 0 saturated heterocycles. The van der Waals surface area contributed by atoms with Crippen LogP contribution >= 0.6 is 11.6 Å². The summed E-state index contributed by atoms with van der Waals surface area (Å²) in [7, 11) is -3.64. The SMILES string of the molecule is CC[C@@H](C)c1ccc(S(=O)(=O)Nc2ccc(Oc3ccc(Cl)cc3)cc2)cc1. The van der Waals surface area contributed by atoms with Crippen LogP contribution in [0, 0.1) is 0 Å². The minimum atomic E-state index is -3.64. The second-order valence-electron chi connectivity index (χ2n) is 6.56. The van der Waals surface area contributed by atoms with E-state index in [4.69, 9.17) is 16.3 Å². The molecular formula is C22H22ClNO3S. The molecule has 1 atom stereocenters. The van der Waals surface area contributed by atoms with Gasteiger partial charge in [-0.05, 0) is 78.6 Å². The van der Waals surface area contributed by atoms with Crippen molar-refractivity contribution in [3.05, 3.63) is 83.4 Å². The molecule has 28 heavy (non-hydrogen) atoms.